The summed E-state index contributed by atoms with van der Waals surface area (Å²) in [5.74, 6) is 0.560. The Balaban J connectivity index is 2.96. The number of hydrogen-bond donors (Lipinski definition) is 1. The first-order valence-electron chi connectivity index (χ1n) is 6.78. The minimum Gasteiger partial charge on any atom is -0.496 e. The molecule has 0 amide bonds. The van der Waals surface area contributed by atoms with Gasteiger partial charge in [0.2, 0.25) is 0 Å². The van der Waals surface area contributed by atoms with E-state index in [1.54, 1.807) is 7.11 Å². The maximum atomic E-state index is 12.0. The van der Waals surface area contributed by atoms with Crippen molar-refractivity contribution in [3.8, 4) is 5.75 Å². The van der Waals surface area contributed by atoms with Crippen molar-refractivity contribution in [2.45, 2.75) is 39.8 Å². The number of benzene rings is 1. The highest BCUT2D eigenvalue weighted by Gasteiger charge is 2.33. The quantitative estimate of drug-likeness (QED) is 0.842. The zero-order valence-electron chi connectivity index (χ0n) is 13.2. The van der Waals surface area contributed by atoms with Crippen molar-refractivity contribution in [3.63, 3.8) is 0 Å². The Morgan fingerprint density at radius 1 is 1.20 bits per heavy atom. The number of esters is 1. The average Bonchev–Trinajstić information content (AvgIpc) is 2.42. The molecule has 20 heavy (non-hydrogen) atoms. The third-order valence-electron chi connectivity index (χ3n) is 3.33. The molecule has 0 saturated carbocycles. The number of ether oxygens (including phenoxy) is 2. The van der Waals surface area contributed by atoms with Gasteiger partial charge in [-0.25, -0.2) is 0 Å². The van der Waals surface area contributed by atoms with Crippen molar-refractivity contribution in [2.24, 2.45) is 5.41 Å². The van der Waals surface area contributed by atoms with Crippen molar-refractivity contribution in [3.05, 3.63) is 29.8 Å². The average molecular weight is 279 g/mol. The lowest BCUT2D eigenvalue weighted by atomic mass is 9.86. The van der Waals surface area contributed by atoms with Crippen LogP contribution in [0, 0.1) is 5.41 Å². The summed E-state index contributed by atoms with van der Waals surface area (Å²) in [7, 11) is 3.06. The van der Waals surface area contributed by atoms with Gasteiger partial charge < -0.3 is 9.47 Å². The van der Waals surface area contributed by atoms with E-state index in [4.69, 9.17) is 9.47 Å². The van der Waals surface area contributed by atoms with Gasteiger partial charge in [0.1, 0.15) is 11.8 Å². The van der Waals surface area contributed by atoms with Crippen LogP contribution in [0.15, 0.2) is 24.3 Å². The van der Waals surface area contributed by atoms with Crippen LogP contribution in [0.25, 0.3) is 0 Å². The molecule has 1 aromatic rings. The van der Waals surface area contributed by atoms with Crippen LogP contribution in [0.3, 0.4) is 0 Å². The molecule has 0 fully saturated rings. The van der Waals surface area contributed by atoms with Crippen LogP contribution in [-0.4, -0.2) is 26.2 Å². The largest absolute Gasteiger partial charge is 0.496 e. The van der Waals surface area contributed by atoms with Gasteiger partial charge in [-0.1, -0.05) is 39.0 Å². The molecular formula is C16H25NO3. The topological polar surface area (TPSA) is 47.6 Å². The lowest BCUT2D eigenvalue weighted by Crippen LogP contribution is -2.48. The van der Waals surface area contributed by atoms with Crippen molar-refractivity contribution in [1.82, 2.24) is 5.32 Å². The maximum absolute atomic E-state index is 12.0. The molecule has 0 heterocycles. The molecule has 0 saturated heterocycles. The summed E-state index contributed by atoms with van der Waals surface area (Å²) >= 11 is 0. The van der Waals surface area contributed by atoms with Crippen LogP contribution >= 0.6 is 0 Å². The van der Waals surface area contributed by atoms with Gasteiger partial charge in [-0.15, -0.1) is 0 Å². The summed E-state index contributed by atoms with van der Waals surface area (Å²) in [4.78, 5) is 12.0. The molecule has 0 aromatic heterocycles. The molecule has 0 aliphatic rings. The van der Waals surface area contributed by atoms with Crippen molar-refractivity contribution in [1.29, 1.82) is 0 Å². The van der Waals surface area contributed by atoms with Crippen LogP contribution < -0.4 is 10.1 Å². The van der Waals surface area contributed by atoms with E-state index in [-0.39, 0.29) is 23.5 Å². The van der Waals surface area contributed by atoms with E-state index < -0.39 is 0 Å². The zero-order chi connectivity index (χ0) is 15.3. The molecule has 0 spiro atoms. The minimum absolute atomic E-state index is 0.0190. The molecule has 1 rings (SSSR count). The molecule has 1 aromatic carbocycles. The smallest absolute Gasteiger partial charge is 0.323 e. The number of methoxy groups -OCH3 is 2. The van der Waals surface area contributed by atoms with Gasteiger partial charge in [0.15, 0.2) is 0 Å². The zero-order valence-corrected chi connectivity index (χ0v) is 13.2. The highest BCUT2D eigenvalue weighted by atomic mass is 16.5. The van der Waals surface area contributed by atoms with Gasteiger partial charge in [-0.3, -0.25) is 10.1 Å². The molecule has 0 unspecified atom stereocenters. The SMILES string of the molecule is COC(=O)[C@H](N[C@@H](C)c1ccccc1OC)C(C)(C)C. The van der Waals surface area contributed by atoms with E-state index in [1.807, 2.05) is 52.0 Å². The van der Waals surface area contributed by atoms with Gasteiger partial charge >= 0.3 is 5.97 Å². The summed E-state index contributed by atoms with van der Waals surface area (Å²) in [5, 5.41) is 3.34. The molecule has 0 aliphatic carbocycles. The number of carbonyl (C=O) groups is 1. The second-order valence-corrected chi connectivity index (χ2v) is 5.95. The molecule has 1 N–H and O–H groups in total. The molecule has 112 valence electrons. The Hall–Kier alpha value is -1.55. The van der Waals surface area contributed by atoms with Gasteiger partial charge in [0.25, 0.3) is 0 Å². The van der Waals surface area contributed by atoms with E-state index in [0.29, 0.717) is 0 Å². The number of para-hydroxylation sites is 1. The van der Waals surface area contributed by atoms with Gasteiger partial charge in [-0.05, 0) is 18.4 Å². The number of nitrogens with one attached hydrogen (secondary N) is 1. The molecule has 4 heteroatoms. The molecular weight excluding hydrogens is 254 g/mol. The standard InChI is InChI=1S/C16H25NO3/c1-11(12-9-7-8-10-13(12)19-5)17-14(15(18)20-6)16(2,3)4/h7-11,14,17H,1-6H3/t11-,14-/m0/s1. The van der Waals surface area contributed by atoms with Crippen LogP contribution in [0.5, 0.6) is 5.75 Å². The third kappa shape index (κ3) is 3.97. The van der Waals surface area contributed by atoms with Crippen molar-refractivity contribution < 1.29 is 14.3 Å². The molecule has 0 bridgehead atoms. The summed E-state index contributed by atoms with van der Waals surface area (Å²) in [6, 6.07) is 7.39. The fourth-order valence-electron chi connectivity index (χ4n) is 2.15. The highest BCUT2D eigenvalue weighted by Crippen LogP contribution is 2.28. The van der Waals surface area contributed by atoms with Gasteiger partial charge in [0, 0.05) is 11.6 Å². The van der Waals surface area contributed by atoms with Gasteiger partial charge in [-0.2, -0.15) is 0 Å². The predicted octanol–water partition coefficient (Wildman–Crippen LogP) is 2.93. The predicted molar refractivity (Wildman–Crippen MR) is 79.8 cm³/mol. The number of hydrogen-bond acceptors (Lipinski definition) is 4. The highest BCUT2D eigenvalue weighted by molar-refractivity contribution is 5.76. The second-order valence-electron chi connectivity index (χ2n) is 5.95. The molecule has 4 nitrogen and oxygen atoms in total. The number of rotatable bonds is 5. The van der Waals surface area contributed by atoms with E-state index in [9.17, 15) is 4.79 Å². The Morgan fingerprint density at radius 3 is 2.30 bits per heavy atom. The van der Waals surface area contributed by atoms with E-state index in [2.05, 4.69) is 5.32 Å². The fraction of sp³-hybridized carbons (Fsp3) is 0.562. The first kappa shape index (κ1) is 16.5. The van der Waals surface area contributed by atoms with Crippen LogP contribution in [0.4, 0.5) is 0 Å². The Labute approximate surface area is 121 Å². The van der Waals surface area contributed by atoms with E-state index >= 15 is 0 Å². The maximum Gasteiger partial charge on any atom is 0.323 e. The van der Waals surface area contributed by atoms with Crippen molar-refractivity contribution >= 4 is 5.97 Å². The monoisotopic (exact) mass is 279 g/mol. The van der Waals surface area contributed by atoms with Crippen molar-refractivity contribution in [2.75, 3.05) is 14.2 Å². The van der Waals surface area contributed by atoms with E-state index in [0.717, 1.165) is 11.3 Å². The molecule has 0 radical (unpaired) electrons. The van der Waals surface area contributed by atoms with Crippen LogP contribution in [0.2, 0.25) is 0 Å². The summed E-state index contributed by atoms with van der Waals surface area (Å²) < 4.78 is 10.3. The lowest BCUT2D eigenvalue weighted by Gasteiger charge is -2.32. The summed E-state index contributed by atoms with van der Waals surface area (Å²) in [5.41, 5.74) is 0.789. The fourth-order valence-corrected chi connectivity index (χ4v) is 2.15. The Bertz CT molecular complexity index is 451. The Kier molecular flexibility index (Phi) is 5.57. The Morgan fingerprint density at radius 2 is 1.80 bits per heavy atom. The van der Waals surface area contributed by atoms with Crippen LogP contribution in [0.1, 0.15) is 39.3 Å². The lowest BCUT2D eigenvalue weighted by molar-refractivity contribution is -0.146. The van der Waals surface area contributed by atoms with E-state index in [1.165, 1.54) is 7.11 Å². The minimum atomic E-state index is -0.382. The second kappa shape index (κ2) is 6.75. The molecule has 2 atom stereocenters. The van der Waals surface area contributed by atoms with Gasteiger partial charge in [0.05, 0.1) is 14.2 Å². The third-order valence-corrected chi connectivity index (χ3v) is 3.33. The van der Waals surface area contributed by atoms with Crippen LogP contribution in [-0.2, 0) is 9.53 Å². The first-order valence-corrected chi connectivity index (χ1v) is 6.78. The number of carbonyl (C=O) groups excluding carboxylic acids is 1. The first-order chi connectivity index (χ1) is 9.31. The summed E-state index contributed by atoms with van der Waals surface area (Å²) in [6.07, 6.45) is 0. The normalized spacial score (nSPS) is 14.5. The summed E-state index contributed by atoms with van der Waals surface area (Å²) in [6.45, 7) is 8.04. The molecule has 0 aliphatic heterocycles.